The van der Waals surface area contributed by atoms with Gasteiger partial charge >= 0.3 is 0 Å². The van der Waals surface area contributed by atoms with Gasteiger partial charge in [-0.1, -0.05) is 38.4 Å². The van der Waals surface area contributed by atoms with E-state index in [4.69, 9.17) is 16.3 Å². The Hall–Kier alpha value is -2.00. The number of hydrogen-bond acceptors (Lipinski definition) is 2. The predicted molar refractivity (Wildman–Crippen MR) is 90.6 cm³/mol. The van der Waals surface area contributed by atoms with Gasteiger partial charge in [0.1, 0.15) is 18.2 Å². The number of nitrogens with one attached hydrogen (secondary N) is 1. The van der Waals surface area contributed by atoms with Gasteiger partial charge < -0.3 is 9.72 Å². The number of nitrogens with zero attached hydrogens (tertiary/aromatic N) is 1. The summed E-state index contributed by atoms with van der Waals surface area (Å²) in [6, 6.07) is 13.7. The van der Waals surface area contributed by atoms with Crippen molar-refractivity contribution in [2.24, 2.45) is 0 Å². The van der Waals surface area contributed by atoms with Gasteiger partial charge in [-0.05, 0) is 47.4 Å². The predicted octanol–water partition coefficient (Wildman–Crippen LogP) is 5.09. The first kappa shape index (κ1) is 14.9. The molecule has 0 atom stereocenters. The highest BCUT2D eigenvalue weighted by atomic mass is 35.5. The molecule has 2 aromatic carbocycles. The van der Waals surface area contributed by atoms with Gasteiger partial charge in [0, 0.05) is 5.02 Å². The summed E-state index contributed by atoms with van der Waals surface area (Å²) < 4.78 is 5.72. The fourth-order valence-electron chi connectivity index (χ4n) is 2.28. The van der Waals surface area contributed by atoms with E-state index < -0.39 is 0 Å². The zero-order valence-corrected chi connectivity index (χ0v) is 13.7. The number of aromatic nitrogens is 2. The summed E-state index contributed by atoms with van der Waals surface area (Å²) >= 11 is 5.86. The van der Waals surface area contributed by atoms with Crippen molar-refractivity contribution in [3.63, 3.8) is 0 Å². The zero-order chi connectivity index (χ0) is 15.7. The van der Waals surface area contributed by atoms with Crippen LogP contribution in [0.3, 0.4) is 0 Å². The number of aromatic amines is 1. The molecule has 0 aliphatic heterocycles. The number of hydrogen-bond donors (Lipinski definition) is 1. The van der Waals surface area contributed by atoms with E-state index >= 15 is 0 Å². The highest BCUT2D eigenvalue weighted by Gasteiger charge is 2.15. The summed E-state index contributed by atoms with van der Waals surface area (Å²) in [6.45, 7) is 7.01. The standard InChI is InChI=1S/C18H19ClN2O/c1-18(2,3)12-4-9-15-16(10-12)21-17(20-15)11-22-14-7-5-13(19)6-8-14/h4-10H,11H2,1-3H3,(H,20,21). The third-order valence-electron chi connectivity index (χ3n) is 3.59. The maximum absolute atomic E-state index is 5.86. The molecule has 114 valence electrons. The molecule has 0 radical (unpaired) electrons. The summed E-state index contributed by atoms with van der Waals surface area (Å²) in [5.74, 6) is 1.59. The van der Waals surface area contributed by atoms with Crippen molar-refractivity contribution >= 4 is 22.6 Å². The summed E-state index contributed by atoms with van der Waals surface area (Å²) in [5, 5.41) is 0.700. The van der Waals surface area contributed by atoms with E-state index in [-0.39, 0.29) is 5.41 Å². The molecule has 0 fully saturated rings. The van der Waals surface area contributed by atoms with Crippen LogP contribution in [0.25, 0.3) is 11.0 Å². The number of ether oxygens (including phenoxy) is 1. The largest absolute Gasteiger partial charge is 0.486 e. The highest BCUT2D eigenvalue weighted by molar-refractivity contribution is 6.30. The first-order valence-electron chi connectivity index (χ1n) is 7.29. The van der Waals surface area contributed by atoms with Crippen molar-refractivity contribution in [1.29, 1.82) is 0 Å². The van der Waals surface area contributed by atoms with E-state index in [1.165, 1.54) is 5.56 Å². The van der Waals surface area contributed by atoms with Crippen molar-refractivity contribution in [2.75, 3.05) is 0 Å². The molecule has 0 saturated heterocycles. The average molecular weight is 315 g/mol. The number of fused-ring (bicyclic) bond motifs is 1. The molecule has 0 amide bonds. The number of H-pyrrole nitrogens is 1. The van der Waals surface area contributed by atoms with Crippen LogP contribution in [0, 0.1) is 0 Å². The Morgan fingerprint density at radius 2 is 1.82 bits per heavy atom. The zero-order valence-electron chi connectivity index (χ0n) is 13.0. The molecule has 0 aliphatic carbocycles. The maximum atomic E-state index is 5.86. The Labute approximate surface area is 135 Å². The fourth-order valence-corrected chi connectivity index (χ4v) is 2.41. The third kappa shape index (κ3) is 3.25. The Bertz CT molecular complexity index is 785. The fraction of sp³-hybridized carbons (Fsp3) is 0.278. The first-order chi connectivity index (χ1) is 10.4. The summed E-state index contributed by atoms with van der Waals surface area (Å²) in [5.41, 5.74) is 3.41. The van der Waals surface area contributed by atoms with Gasteiger partial charge in [-0.15, -0.1) is 0 Å². The third-order valence-corrected chi connectivity index (χ3v) is 3.84. The lowest BCUT2D eigenvalue weighted by molar-refractivity contribution is 0.297. The lowest BCUT2D eigenvalue weighted by Crippen LogP contribution is -2.10. The Balaban J connectivity index is 1.78. The lowest BCUT2D eigenvalue weighted by atomic mass is 9.87. The van der Waals surface area contributed by atoms with Crippen molar-refractivity contribution < 1.29 is 4.74 Å². The quantitative estimate of drug-likeness (QED) is 0.731. The van der Waals surface area contributed by atoms with Gasteiger partial charge in [0.2, 0.25) is 0 Å². The smallest absolute Gasteiger partial charge is 0.146 e. The molecule has 3 nitrogen and oxygen atoms in total. The Morgan fingerprint density at radius 1 is 1.09 bits per heavy atom. The number of rotatable bonds is 3. The van der Waals surface area contributed by atoms with Crippen molar-refractivity contribution in [3.05, 3.63) is 58.9 Å². The SMILES string of the molecule is CC(C)(C)c1ccc2nc(COc3ccc(Cl)cc3)[nH]c2c1. The van der Waals surface area contributed by atoms with Crippen LogP contribution >= 0.6 is 11.6 Å². The van der Waals surface area contributed by atoms with Crippen LogP contribution in [-0.2, 0) is 12.0 Å². The molecule has 0 aliphatic rings. The summed E-state index contributed by atoms with van der Waals surface area (Å²) in [6.07, 6.45) is 0. The van der Waals surface area contributed by atoms with Crippen molar-refractivity contribution in [3.8, 4) is 5.75 Å². The minimum absolute atomic E-state index is 0.124. The van der Waals surface area contributed by atoms with E-state index in [9.17, 15) is 0 Å². The van der Waals surface area contributed by atoms with Crippen LogP contribution in [0.5, 0.6) is 5.75 Å². The van der Waals surface area contributed by atoms with E-state index in [2.05, 4.69) is 48.9 Å². The van der Waals surface area contributed by atoms with Crippen LogP contribution in [0.2, 0.25) is 5.02 Å². The van der Waals surface area contributed by atoms with Crippen LogP contribution in [-0.4, -0.2) is 9.97 Å². The highest BCUT2D eigenvalue weighted by Crippen LogP contribution is 2.25. The summed E-state index contributed by atoms with van der Waals surface area (Å²) in [7, 11) is 0. The van der Waals surface area contributed by atoms with E-state index in [0.717, 1.165) is 22.6 Å². The van der Waals surface area contributed by atoms with Crippen LogP contribution in [0.4, 0.5) is 0 Å². The number of benzene rings is 2. The van der Waals surface area contributed by atoms with Gasteiger partial charge in [-0.3, -0.25) is 0 Å². The Morgan fingerprint density at radius 3 is 2.50 bits per heavy atom. The molecule has 1 aromatic heterocycles. The second-order valence-corrected chi connectivity index (χ2v) is 6.84. The molecule has 0 unspecified atom stereocenters. The van der Waals surface area contributed by atoms with E-state index in [0.29, 0.717) is 11.6 Å². The van der Waals surface area contributed by atoms with Gasteiger partial charge in [-0.25, -0.2) is 4.98 Å². The van der Waals surface area contributed by atoms with Gasteiger partial charge in [-0.2, -0.15) is 0 Å². The summed E-state index contributed by atoms with van der Waals surface area (Å²) in [4.78, 5) is 7.89. The molecule has 0 bridgehead atoms. The second-order valence-electron chi connectivity index (χ2n) is 6.41. The van der Waals surface area contributed by atoms with Gasteiger partial charge in [0.25, 0.3) is 0 Å². The number of halogens is 1. The van der Waals surface area contributed by atoms with Crippen LogP contribution < -0.4 is 4.74 Å². The second kappa shape index (κ2) is 5.65. The molecule has 1 N–H and O–H groups in total. The van der Waals surface area contributed by atoms with Gasteiger partial charge in [0.15, 0.2) is 0 Å². The Kier molecular flexibility index (Phi) is 3.83. The lowest BCUT2D eigenvalue weighted by Gasteiger charge is -2.18. The number of imidazole rings is 1. The normalized spacial score (nSPS) is 11.8. The van der Waals surface area contributed by atoms with E-state index in [1.54, 1.807) is 0 Å². The molecule has 1 heterocycles. The monoisotopic (exact) mass is 314 g/mol. The molecule has 3 rings (SSSR count). The van der Waals surface area contributed by atoms with Crippen LogP contribution in [0.15, 0.2) is 42.5 Å². The minimum atomic E-state index is 0.124. The molecule has 22 heavy (non-hydrogen) atoms. The molecule has 4 heteroatoms. The molecule has 3 aromatic rings. The topological polar surface area (TPSA) is 37.9 Å². The van der Waals surface area contributed by atoms with Gasteiger partial charge in [0.05, 0.1) is 11.0 Å². The van der Waals surface area contributed by atoms with Crippen molar-refractivity contribution in [2.45, 2.75) is 32.8 Å². The van der Waals surface area contributed by atoms with E-state index in [1.807, 2.05) is 24.3 Å². The first-order valence-corrected chi connectivity index (χ1v) is 7.67. The van der Waals surface area contributed by atoms with Crippen LogP contribution in [0.1, 0.15) is 32.2 Å². The minimum Gasteiger partial charge on any atom is -0.486 e. The molecular weight excluding hydrogens is 296 g/mol. The molecule has 0 saturated carbocycles. The molecular formula is C18H19ClN2O. The molecule has 0 spiro atoms. The average Bonchev–Trinajstić information content (AvgIpc) is 2.87. The maximum Gasteiger partial charge on any atom is 0.146 e. The van der Waals surface area contributed by atoms with Crippen molar-refractivity contribution in [1.82, 2.24) is 9.97 Å².